The predicted molar refractivity (Wildman–Crippen MR) is 111 cm³/mol. The van der Waals surface area contributed by atoms with Gasteiger partial charge in [-0.05, 0) is 56.3 Å². The van der Waals surface area contributed by atoms with Gasteiger partial charge in [0.05, 0.1) is 23.6 Å². The maximum atomic E-state index is 12.6. The first-order valence-electron chi connectivity index (χ1n) is 9.10. The number of ether oxygens (including phenoxy) is 2. The maximum absolute atomic E-state index is 12.6. The summed E-state index contributed by atoms with van der Waals surface area (Å²) in [4.78, 5) is 25.7. The fourth-order valence-electron chi connectivity index (χ4n) is 2.92. The second-order valence-corrected chi connectivity index (χ2v) is 7.33. The highest BCUT2D eigenvalue weighted by atomic mass is 32.1. The summed E-state index contributed by atoms with van der Waals surface area (Å²) in [6.45, 7) is 3.97. The number of hydrogen-bond acceptors (Lipinski definition) is 6. The Kier molecular flexibility index (Phi) is 5.14. The Morgan fingerprint density at radius 2 is 1.76 bits per heavy atom. The minimum Gasteiger partial charge on any atom is -0.462 e. The lowest BCUT2D eigenvalue weighted by Crippen LogP contribution is -2.07. The summed E-state index contributed by atoms with van der Waals surface area (Å²) in [5.74, 6) is -0.494. The van der Waals surface area contributed by atoms with Gasteiger partial charge in [0.25, 0.3) is 0 Å². The number of esters is 2. The minimum atomic E-state index is -0.450. The zero-order valence-corrected chi connectivity index (χ0v) is 16.7. The quantitative estimate of drug-likeness (QED) is 0.352. The Bertz CT molecular complexity index is 1180. The first-order valence-corrected chi connectivity index (χ1v) is 9.92. The van der Waals surface area contributed by atoms with E-state index >= 15 is 0 Å². The van der Waals surface area contributed by atoms with Crippen LogP contribution in [0.15, 0.2) is 60.7 Å². The molecule has 0 saturated heterocycles. The lowest BCUT2D eigenvalue weighted by molar-refractivity contribution is 0.0526. The summed E-state index contributed by atoms with van der Waals surface area (Å²) in [5.41, 5.74) is 2.19. The van der Waals surface area contributed by atoms with Crippen LogP contribution in [0.1, 0.15) is 32.6 Å². The van der Waals surface area contributed by atoms with Crippen molar-refractivity contribution in [2.45, 2.75) is 13.8 Å². The van der Waals surface area contributed by atoms with Crippen LogP contribution in [0, 0.1) is 6.92 Å². The van der Waals surface area contributed by atoms with E-state index in [9.17, 15) is 9.59 Å². The number of carbonyl (C=O) groups excluding carboxylic acids is 2. The molecule has 0 bridgehead atoms. The van der Waals surface area contributed by atoms with Gasteiger partial charge >= 0.3 is 11.9 Å². The molecule has 7 heteroatoms. The van der Waals surface area contributed by atoms with Crippen molar-refractivity contribution in [3.63, 3.8) is 0 Å². The summed E-state index contributed by atoms with van der Waals surface area (Å²) in [7, 11) is 0. The molecule has 146 valence electrons. The molecule has 0 unspecified atom stereocenters. The van der Waals surface area contributed by atoms with E-state index in [0.29, 0.717) is 22.8 Å². The zero-order chi connectivity index (χ0) is 20.4. The van der Waals surface area contributed by atoms with Crippen LogP contribution in [0.2, 0.25) is 0 Å². The monoisotopic (exact) mass is 406 g/mol. The molecule has 0 atom stereocenters. The normalized spacial score (nSPS) is 10.8. The van der Waals surface area contributed by atoms with E-state index in [1.165, 1.54) is 11.3 Å². The molecule has 2 aromatic heterocycles. The molecule has 0 fully saturated rings. The average molecular weight is 406 g/mol. The Balaban J connectivity index is 1.57. The lowest BCUT2D eigenvalue weighted by atomic mass is 10.2. The van der Waals surface area contributed by atoms with Gasteiger partial charge in [-0.15, -0.1) is 11.3 Å². The minimum absolute atomic E-state index is 0.307. The van der Waals surface area contributed by atoms with E-state index in [4.69, 9.17) is 9.47 Å². The van der Waals surface area contributed by atoms with E-state index in [-0.39, 0.29) is 0 Å². The van der Waals surface area contributed by atoms with Crippen LogP contribution in [0.4, 0.5) is 0 Å². The Morgan fingerprint density at radius 3 is 2.45 bits per heavy atom. The van der Waals surface area contributed by atoms with Crippen molar-refractivity contribution in [1.82, 2.24) is 9.78 Å². The van der Waals surface area contributed by atoms with E-state index in [1.807, 2.05) is 41.9 Å². The average Bonchev–Trinajstić information content (AvgIpc) is 3.30. The summed E-state index contributed by atoms with van der Waals surface area (Å²) in [6, 6.07) is 17.9. The SMILES string of the molecule is CCOC(=O)c1ccc(OC(=O)c2cc3c(C)nn(-c4ccccc4)c3s2)cc1. The molecular weight excluding hydrogens is 388 g/mol. The van der Waals surface area contributed by atoms with Crippen LogP contribution >= 0.6 is 11.3 Å². The van der Waals surface area contributed by atoms with Gasteiger partial charge < -0.3 is 9.47 Å². The van der Waals surface area contributed by atoms with Gasteiger partial charge in [0.15, 0.2) is 0 Å². The molecule has 0 aliphatic carbocycles. The molecule has 0 aliphatic rings. The molecule has 2 aromatic carbocycles. The van der Waals surface area contributed by atoms with Crippen molar-refractivity contribution in [3.8, 4) is 11.4 Å². The first-order chi connectivity index (χ1) is 14.1. The van der Waals surface area contributed by atoms with Crippen LogP contribution in [-0.2, 0) is 4.74 Å². The van der Waals surface area contributed by atoms with Gasteiger partial charge in [-0.1, -0.05) is 18.2 Å². The molecule has 0 N–H and O–H groups in total. The van der Waals surface area contributed by atoms with E-state index in [0.717, 1.165) is 21.6 Å². The molecule has 4 rings (SSSR count). The highest BCUT2D eigenvalue weighted by Gasteiger charge is 2.19. The van der Waals surface area contributed by atoms with Crippen LogP contribution in [0.25, 0.3) is 15.9 Å². The van der Waals surface area contributed by atoms with Crippen molar-refractivity contribution in [2.75, 3.05) is 6.61 Å². The third-order valence-corrected chi connectivity index (χ3v) is 5.41. The number of hydrogen-bond donors (Lipinski definition) is 0. The maximum Gasteiger partial charge on any atom is 0.353 e. The van der Waals surface area contributed by atoms with Crippen LogP contribution < -0.4 is 4.74 Å². The Morgan fingerprint density at radius 1 is 1.03 bits per heavy atom. The number of aryl methyl sites for hydroxylation is 1. The van der Waals surface area contributed by atoms with Crippen LogP contribution in [0.3, 0.4) is 0 Å². The molecule has 4 aromatic rings. The van der Waals surface area contributed by atoms with Crippen molar-refractivity contribution in [2.24, 2.45) is 0 Å². The highest BCUT2D eigenvalue weighted by molar-refractivity contribution is 7.20. The topological polar surface area (TPSA) is 70.4 Å². The molecule has 0 radical (unpaired) electrons. The largest absolute Gasteiger partial charge is 0.462 e. The Hall–Kier alpha value is -3.45. The second-order valence-electron chi connectivity index (χ2n) is 6.30. The van der Waals surface area contributed by atoms with Gasteiger partial charge in [-0.25, -0.2) is 14.3 Å². The second kappa shape index (κ2) is 7.89. The molecular formula is C22H18N2O4S. The number of fused-ring (bicyclic) bond motifs is 1. The van der Waals surface area contributed by atoms with E-state index in [1.54, 1.807) is 37.3 Å². The van der Waals surface area contributed by atoms with Crippen LogP contribution in [-0.4, -0.2) is 28.3 Å². The first kappa shape index (κ1) is 18.9. The lowest BCUT2D eigenvalue weighted by Gasteiger charge is -2.05. The number of rotatable bonds is 5. The van der Waals surface area contributed by atoms with Gasteiger partial charge in [-0.3, -0.25) is 0 Å². The summed E-state index contributed by atoms with van der Waals surface area (Å²) in [6.07, 6.45) is 0. The fourth-order valence-corrected chi connectivity index (χ4v) is 3.98. The molecule has 6 nitrogen and oxygen atoms in total. The zero-order valence-electron chi connectivity index (χ0n) is 15.9. The summed E-state index contributed by atoms with van der Waals surface area (Å²) in [5, 5.41) is 5.50. The third kappa shape index (κ3) is 3.77. The van der Waals surface area contributed by atoms with Crippen molar-refractivity contribution >= 4 is 33.5 Å². The molecule has 2 heterocycles. The standard InChI is InChI=1S/C22H18N2O4S/c1-3-27-21(25)15-9-11-17(12-10-15)28-22(26)19-13-18-14(2)23-24(20(18)29-19)16-7-5-4-6-8-16/h4-13H,3H2,1-2H3. The molecule has 0 saturated carbocycles. The van der Waals surface area contributed by atoms with Crippen molar-refractivity contribution in [3.05, 3.63) is 76.8 Å². The highest BCUT2D eigenvalue weighted by Crippen LogP contribution is 2.31. The van der Waals surface area contributed by atoms with Gasteiger partial charge in [0.1, 0.15) is 15.5 Å². The van der Waals surface area contributed by atoms with E-state index < -0.39 is 11.9 Å². The molecule has 0 amide bonds. The van der Waals surface area contributed by atoms with Gasteiger partial charge in [0.2, 0.25) is 0 Å². The Labute approximate surface area is 171 Å². The number of nitrogens with zero attached hydrogens (tertiary/aromatic N) is 2. The predicted octanol–water partition coefficient (Wildman–Crippen LogP) is 4.79. The molecule has 29 heavy (non-hydrogen) atoms. The smallest absolute Gasteiger partial charge is 0.353 e. The number of carbonyl (C=O) groups is 2. The molecule has 0 spiro atoms. The number of para-hydroxylation sites is 1. The van der Waals surface area contributed by atoms with Crippen molar-refractivity contribution < 1.29 is 19.1 Å². The number of benzene rings is 2. The third-order valence-electron chi connectivity index (χ3n) is 4.32. The molecule has 0 aliphatic heterocycles. The van der Waals surface area contributed by atoms with Crippen LogP contribution in [0.5, 0.6) is 5.75 Å². The van der Waals surface area contributed by atoms with Crippen molar-refractivity contribution in [1.29, 1.82) is 0 Å². The summed E-state index contributed by atoms with van der Waals surface area (Å²) < 4.78 is 12.3. The van der Waals surface area contributed by atoms with E-state index in [2.05, 4.69) is 5.10 Å². The fraction of sp³-hybridized carbons (Fsp3) is 0.136. The number of thiophene rings is 1. The van der Waals surface area contributed by atoms with Gasteiger partial charge in [0, 0.05) is 5.39 Å². The van der Waals surface area contributed by atoms with Gasteiger partial charge in [-0.2, -0.15) is 5.10 Å². The number of aromatic nitrogens is 2. The summed E-state index contributed by atoms with van der Waals surface area (Å²) >= 11 is 1.33.